The zero-order valence-corrected chi connectivity index (χ0v) is 11.1. The first kappa shape index (κ1) is 14.4. The summed E-state index contributed by atoms with van der Waals surface area (Å²) in [6, 6.07) is 6.29. The third-order valence-corrected chi connectivity index (χ3v) is 3.24. The van der Waals surface area contributed by atoms with Gasteiger partial charge in [-0.15, -0.1) is 0 Å². The fraction of sp³-hybridized carbons (Fsp3) is 0.429. The molecule has 1 aliphatic rings. The SMILES string of the molecule is CC1(OCC(=O)O)CN(Cc2ccc(C#N)cc2F)C1. The lowest BCUT2D eigenvalue weighted by atomic mass is 9.95. The Bertz CT molecular complexity index is 562. The standard InChI is InChI=1S/C14H15FN2O3/c1-14(20-7-13(18)19)8-17(9-14)6-11-3-2-10(5-16)4-12(11)15/h2-4H,6-9H2,1H3,(H,18,19). The van der Waals surface area contributed by atoms with Crippen LogP contribution in [0.5, 0.6) is 0 Å². The summed E-state index contributed by atoms with van der Waals surface area (Å²) in [6.07, 6.45) is 0. The minimum Gasteiger partial charge on any atom is -0.480 e. The number of ether oxygens (including phenoxy) is 1. The topological polar surface area (TPSA) is 73.6 Å². The van der Waals surface area contributed by atoms with Crippen LogP contribution in [0, 0.1) is 17.1 Å². The van der Waals surface area contributed by atoms with E-state index in [4.69, 9.17) is 15.1 Å². The molecule has 0 saturated carbocycles. The van der Waals surface area contributed by atoms with Gasteiger partial charge in [-0.25, -0.2) is 9.18 Å². The molecule has 5 nitrogen and oxygen atoms in total. The molecule has 106 valence electrons. The maximum absolute atomic E-state index is 13.7. The Labute approximate surface area is 116 Å². The summed E-state index contributed by atoms with van der Waals surface area (Å²) in [6.45, 7) is 3.04. The largest absolute Gasteiger partial charge is 0.480 e. The van der Waals surface area contributed by atoms with Gasteiger partial charge in [-0.1, -0.05) is 6.07 Å². The maximum atomic E-state index is 13.7. The van der Waals surface area contributed by atoms with Crippen LogP contribution in [0.2, 0.25) is 0 Å². The van der Waals surface area contributed by atoms with Crippen molar-refractivity contribution in [3.63, 3.8) is 0 Å². The van der Waals surface area contributed by atoms with Gasteiger partial charge in [0.1, 0.15) is 12.4 Å². The normalized spacial score (nSPS) is 17.2. The van der Waals surface area contributed by atoms with Gasteiger partial charge in [-0.3, -0.25) is 4.90 Å². The van der Waals surface area contributed by atoms with Gasteiger partial charge in [0.25, 0.3) is 0 Å². The highest BCUT2D eigenvalue weighted by Gasteiger charge is 2.40. The molecule has 1 aromatic rings. The fourth-order valence-electron chi connectivity index (χ4n) is 2.32. The number of likely N-dealkylation sites (tertiary alicyclic amines) is 1. The number of hydrogen-bond acceptors (Lipinski definition) is 4. The molecule has 1 N–H and O–H groups in total. The molecule has 1 fully saturated rings. The number of nitriles is 1. The van der Waals surface area contributed by atoms with E-state index in [1.54, 1.807) is 12.1 Å². The summed E-state index contributed by atoms with van der Waals surface area (Å²) >= 11 is 0. The molecule has 0 unspecified atom stereocenters. The third kappa shape index (κ3) is 3.32. The smallest absolute Gasteiger partial charge is 0.329 e. The van der Waals surface area contributed by atoms with Gasteiger partial charge < -0.3 is 9.84 Å². The van der Waals surface area contributed by atoms with Crippen molar-refractivity contribution in [1.29, 1.82) is 5.26 Å². The Morgan fingerprint density at radius 1 is 1.60 bits per heavy atom. The molecule has 1 aliphatic heterocycles. The van der Waals surface area contributed by atoms with Crippen molar-refractivity contribution >= 4 is 5.97 Å². The second-order valence-electron chi connectivity index (χ2n) is 5.20. The molecule has 0 radical (unpaired) electrons. The van der Waals surface area contributed by atoms with Crippen molar-refractivity contribution in [3.8, 4) is 6.07 Å². The second kappa shape index (κ2) is 5.57. The lowest BCUT2D eigenvalue weighted by Crippen LogP contribution is -2.61. The number of carboxylic acids is 1. The van der Waals surface area contributed by atoms with Gasteiger partial charge in [0, 0.05) is 25.2 Å². The van der Waals surface area contributed by atoms with Crippen molar-refractivity contribution in [2.75, 3.05) is 19.7 Å². The second-order valence-corrected chi connectivity index (χ2v) is 5.20. The monoisotopic (exact) mass is 278 g/mol. The lowest BCUT2D eigenvalue weighted by molar-refractivity contribution is -0.165. The molecule has 0 amide bonds. The van der Waals surface area contributed by atoms with Gasteiger partial charge in [0.05, 0.1) is 17.2 Å². The van der Waals surface area contributed by atoms with Crippen LogP contribution in [-0.4, -0.2) is 41.3 Å². The highest BCUT2D eigenvalue weighted by Crippen LogP contribution is 2.27. The molecular formula is C14H15FN2O3. The summed E-state index contributed by atoms with van der Waals surface area (Å²) in [4.78, 5) is 12.4. The highest BCUT2D eigenvalue weighted by atomic mass is 19.1. The van der Waals surface area contributed by atoms with E-state index in [0.717, 1.165) is 0 Å². The van der Waals surface area contributed by atoms with Gasteiger partial charge in [-0.05, 0) is 19.1 Å². The van der Waals surface area contributed by atoms with Crippen LogP contribution in [0.1, 0.15) is 18.1 Å². The van der Waals surface area contributed by atoms with Crippen LogP contribution >= 0.6 is 0 Å². The minimum absolute atomic E-state index is 0.296. The van der Waals surface area contributed by atoms with Gasteiger partial charge in [0.2, 0.25) is 0 Å². The predicted molar refractivity (Wildman–Crippen MR) is 68.4 cm³/mol. The van der Waals surface area contributed by atoms with E-state index in [0.29, 0.717) is 30.8 Å². The van der Waals surface area contributed by atoms with Crippen LogP contribution in [-0.2, 0) is 16.1 Å². The van der Waals surface area contributed by atoms with Gasteiger partial charge in [-0.2, -0.15) is 5.26 Å². The Kier molecular flexibility index (Phi) is 4.02. The average Bonchev–Trinajstić information content (AvgIpc) is 2.36. The Balaban J connectivity index is 1.88. The summed E-state index contributed by atoms with van der Waals surface area (Å²) in [7, 11) is 0. The molecule has 6 heteroatoms. The van der Waals surface area contributed by atoms with Crippen LogP contribution < -0.4 is 0 Å². The van der Waals surface area contributed by atoms with E-state index in [1.165, 1.54) is 6.07 Å². The number of halogens is 1. The average molecular weight is 278 g/mol. The molecule has 1 saturated heterocycles. The summed E-state index contributed by atoms with van der Waals surface area (Å²) in [5, 5.41) is 17.2. The van der Waals surface area contributed by atoms with Crippen molar-refractivity contribution in [3.05, 3.63) is 35.1 Å². The maximum Gasteiger partial charge on any atom is 0.329 e. The molecule has 0 aliphatic carbocycles. The molecule has 1 heterocycles. The van der Waals surface area contributed by atoms with E-state index in [-0.39, 0.29) is 6.61 Å². The van der Waals surface area contributed by atoms with E-state index >= 15 is 0 Å². The molecule has 0 atom stereocenters. The first-order valence-electron chi connectivity index (χ1n) is 6.18. The van der Waals surface area contributed by atoms with Gasteiger partial charge >= 0.3 is 5.97 Å². The van der Waals surface area contributed by atoms with Crippen LogP contribution in [0.3, 0.4) is 0 Å². The number of aliphatic carboxylic acids is 1. The Hall–Kier alpha value is -1.97. The molecule has 2 rings (SSSR count). The molecule has 0 aromatic heterocycles. The van der Waals surface area contributed by atoms with E-state index in [1.807, 2.05) is 17.9 Å². The molecule has 0 spiro atoms. The first-order valence-corrected chi connectivity index (χ1v) is 6.18. The van der Waals surface area contributed by atoms with Crippen molar-refractivity contribution in [2.45, 2.75) is 19.1 Å². The fourth-order valence-corrected chi connectivity index (χ4v) is 2.32. The summed E-state index contributed by atoms with van der Waals surface area (Å²) in [5.74, 6) is -1.40. The Morgan fingerprint density at radius 2 is 2.30 bits per heavy atom. The first-order chi connectivity index (χ1) is 9.42. The zero-order chi connectivity index (χ0) is 14.8. The lowest BCUT2D eigenvalue weighted by Gasteiger charge is -2.47. The molecule has 1 aromatic carbocycles. The van der Waals surface area contributed by atoms with Crippen LogP contribution in [0.4, 0.5) is 4.39 Å². The van der Waals surface area contributed by atoms with E-state index in [9.17, 15) is 9.18 Å². The summed E-state index contributed by atoms with van der Waals surface area (Å²) < 4.78 is 19.0. The van der Waals surface area contributed by atoms with E-state index < -0.39 is 17.4 Å². The predicted octanol–water partition coefficient (Wildman–Crippen LogP) is 1.37. The molecule has 0 bridgehead atoms. The quantitative estimate of drug-likeness (QED) is 0.880. The van der Waals surface area contributed by atoms with Crippen molar-refractivity contribution < 1.29 is 19.0 Å². The number of rotatable bonds is 5. The summed E-state index contributed by atoms with van der Waals surface area (Å²) in [5.41, 5.74) is 0.329. The number of benzene rings is 1. The van der Waals surface area contributed by atoms with Gasteiger partial charge in [0.15, 0.2) is 0 Å². The number of carboxylic acid groups (broad SMARTS) is 1. The minimum atomic E-state index is -0.997. The molecular weight excluding hydrogens is 263 g/mol. The molecule has 20 heavy (non-hydrogen) atoms. The van der Waals surface area contributed by atoms with Crippen molar-refractivity contribution in [2.24, 2.45) is 0 Å². The van der Waals surface area contributed by atoms with Crippen LogP contribution in [0.25, 0.3) is 0 Å². The van der Waals surface area contributed by atoms with Crippen molar-refractivity contribution in [1.82, 2.24) is 4.90 Å². The number of hydrogen-bond donors (Lipinski definition) is 1. The Morgan fingerprint density at radius 3 is 2.85 bits per heavy atom. The van der Waals surface area contributed by atoms with E-state index in [2.05, 4.69) is 0 Å². The number of carbonyl (C=O) groups is 1. The highest BCUT2D eigenvalue weighted by molar-refractivity contribution is 5.68. The zero-order valence-electron chi connectivity index (χ0n) is 11.1. The third-order valence-electron chi connectivity index (χ3n) is 3.24. The number of nitrogens with zero attached hydrogens (tertiary/aromatic N) is 2. The van der Waals surface area contributed by atoms with Crippen LogP contribution in [0.15, 0.2) is 18.2 Å².